The van der Waals surface area contributed by atoms with E-state index >= 15 is 0 Å². The molecule has 2 amide bonds. The van der Waals surface area contributed by atoms with Gasteiger partial charge in [0, 0.05) is 23.0 Å². The van der Waals surface area contributed by atoms with Crippen LogP contribution in [0, 0.1) is 0 Å². The third-order valence-corrected chi connectivity index (χ3v) is 3.51. The summed E-state index contributed by atoms with van der Waals surface area (Å²) < 4.78 is 0.817. The Morgan fingerprint density at radius 2 is 1.88 bits per heavy atom. The molecule has 0 radical (unpaired) electrons. The smallest absolute Gasteiger partial charge is 0.229 e. The van der Waals surface area contributed by atoms with Crippen molar-refractivity contribution in [2.24, 2.45) is 0 Å². The molecule has 0 saturated carbocycles. The van der Waals surface area contributed by atoms with E-state index < -0.39 is 0 Å². The topological polar surface area (TPSA) is 63.4 Å². The van der Waals surface area contributed by atoms with Crippen molar-refractivity contribution in [3.8, 4) is 0 Å². The number of carbonyl (C=O) groups is 2. The summed E-state index contributed by atoms with van der Waals surface area (Å²) in [4.78, 5) is 24.6. The number of hydrogen-bond acceptors (Lipinski definition) is 3. The Labute approximate surface area is 108 Å². The molecule has 1 fully saturated rings. The average molecular weight is 297 g/mol. The van der Waals surface area contributed by atoms with E-state index in [1.807, 2.05) is 12.1 Å². The molecule has 4 nitrogen and oxygen atoms in total. The van der Waals surface area contributed by atoms with E-state index in [0.717, 1.165) is 10.0 Å². The maximum atomic E-state index is 11.6. The van der Waals surface area contributed by atoms with Crippen LogP contribution in [0.5, 0.6) is 0 Å². The lowest BCUT2D eigenvalue weighted by Crippen LogP contribution is -2.39. The maximum absolute atomic E-state index is 11.6. The normalized spacial score (nSPS) is 16.4. The number of hydrogen-bond donors (Lipinski definition) is 1. The number of nitrogens with two attached hydrogens (primary N) is 1. The SMILES string of the molecule is Nc1cc(CN2C(=O)CCCC2=O)ccc1Br. The van der Waals surface area contributed by atoms with Crippen molar-refractivity contribution in [3.63, 3.8) is 0 Å². The minimum absolute atomic E-state index is 0.0947. The van der Waals surface area contributed by atoms with Gasteiger partial charge in [-0.05, 0) is 40.0 Å². The van der Waals surface area contributed by atoms with Crippen LogP contribution in [0.25, 0.3) is 0 Å². The van der Waals surface area contributed by atoms with E-state index in [1.54, 1.807) is 6.07 Å². The van der Waals surface area contributed by atoms with Crippen molar-refractivity contribution in [1.29, 1.82) is 0 Å². The number of rotatable bonds is 2. The molecular weight excluding hydrogens is 284 g/mol. The number of nitrogen functional groups attached to an aromatic ring is 1. The largest absolute Gasteiger partial charge is 0.398 e. The van der Waals surface area contributed by atoms with Crippen molar-refractivity contribution < 1.29 is 9.59 Å². The van der Waals surface area contributed by atoms with Gasteiger partial charge in [-0.3, -0.25) is 14.5 Å². The van der Waals surface area contributed by atoms with Crippen LogP contribution >= 0.6 is 15.9 Å². The Bertz CT molecular complexity index is 458. The van der Waals surface area contributed by atoms with Crippen molar-refractivity contribution >= 4 is 33.4 Å². The van der Waals surface area contributed by atoms with Gasteiger partial charge in [0.15, 0.2) is 0 Å². The molecule has 17 heavy (non-hydrogen) atoms. The minimum atomic E-state index is -0.0947. The van der Waals surface area contributed by atoms with Gasteiger partial charge in [0.1, 0.15) is 0 Å². The van der Waals surface area contributed by atoms with Gasteiger partial charge in [-0.25, -0.2) is 0 Å². The molecule has 0 atom stereocenters. The first-order valence-corrected chi connectivity index (χ1v) is 6.24. The summed E-state index contributed by atoms with van der Waals surface area (Å²) in [5.74, 6) is -0.189. The molecule has 1 aromatic rings. The highest BCUT2D eigenvalue weighted by Gasteiger charge is 2.25. The van der Waals surface area contributed by atoms with E-state index in [4.69, 9.17) is 5.73 Å². The van der Waals surface area contributed by atoms with Gasteiger partial charge in [0.2, 0.25) is 11.8 Å². The Morgan fingerprint density at radius 1 is 1.24 bits per heavy atom. The first-order chi connectivity index (χ1) is 8.08. The summed E-state index contributed by atoms with van der Waals surface area (Å²) in [6, 6.07) is 5.46. The Kier molecular flexibility index (Phi) is 3.47. The fraction of sp³-hybridized carbons (Fsp3) is 0.333. The number of anilines is 1. The molecule has 5 heteroatoms. The zero-order valence-electron chi connectivity index (χ0n) is 9.28. The Hall–Kier alpha value is -1.36. The highest BCUT2D eigenvalue weighted by atomic mass is 79.9. The van der Waals surface area contributed by atoms with Crippen molar-refractivity contribution in [1.82, 2.24) is 4.90 Å². The molecular formula is C12H13BrN2O2. The zero-order chi connectivity index (χ0) is 12.4. The maximum Gasteiger partial charge on any atom is 0.229 e. The lowest BCUT2D eigenvalue weighted by atomic mass is 10.1. The number of piperidine rings is 1. The number of nitrogens with zero attached hydrogens (tertiary/aromatic N) is 1. The predicted octanol–water partition coefficient (Wildman–Crippen LogP) is 2.07. The molecule has 0 unspecified atom stereocenters. The van der Waals surface area contributed by atoms with Gasteiger partial charge >= 0.3 is 0 Å². The summed E-state index contributed by atoms with van der Waals surface area (Å²) in [5.41, 5.74) is 7.24. The average Bonchev–Trinajstić information content (AvgIpc) is 2.28. The summed E-state index contributed by atoms with van der Waals surface area (Å²) in [6.07, 6.45) is 1.58. The van der Waals surface area contributed by atoms with Crippen LogP contribution in [0.15, 0.2) is 22.7 Å². The van der Waals surface area contributed by atoms with Gasteiger partial charge < -0.3 is 5.73 Å². The van der Waals surface area contributed by atoms with E-state index in [2.05, 4.69) is 15.9 Å². The number of benzene rings is 1. The number of likely N-dealkylation sites (tertiary alicyclic amines) is 1. The second-order valence-electron chi connectivity index (χ2n) is 4.08. The van der Waals surface area contributed by atoms with Crippen molar-refractivity contribution in [3.05, 3.63) is 28.2 Å². The van der Waals surface area contributed by atoms with Crippen LogP contribution in [0.3, 0.4) is 0 Å². The summed E-state index contributed by atoms with van der Waals surface area (Å²) >= 11 is 3.31. The zero-order valence-corrected chi connectivity index (χ0v) is 10.9. The number of amides is 2. The van der Waals surface area contributed by atoms with Crippen LogP contribution < -0.4 is 5.73 Å². The van der Waals surface area contributed by atoms with E-state index in [-0.39, 0.29) is 11.8 Å². The quantitative estimate of drug-likeness (QED) is 0.671. The second kappa shape index (κ2) is 4.87. The lowest BCUT2D eigenvalue weighted by molar-refractivity contribution is -0.148. The highest BCUT2D eigenvalue weighted by Crippen LogP contribution is 2.22. The fourth-order valence-corrected chi connectivity index (χ4v) is 2.10. The second-order valence-corrected chi connectivity index (χ2v) is 4.94. The van der Waals surface area contributed by atoms with Gasteiger partial charge in [-0.15, -0.1) is 0 Å². The predicted molar refractivity (Wildman–Crippen MR) is 68.0 cm³/mol. The van der Waals surface area contributed by atoms with Crippen LogP contribution in [0.2, 0.25) is 0 Å². The van der Waals surface area contributed by atoms with Crippen LogP contribution in [0.4, 0.5) is 5.69 Å². The highest BCUT2D eigenvalue weighted by molar-refractivity contribution is 9.10. The number of halogens is 1. The van der Waals surface area contributed by atoms with Gasteiger partial charge in [0.25, 0.3) is 0 Å². The van der Waals surface area contributed by atoms with Gasteiger partial charge in [-0.1, -0.05) is 6.07 Å². The minimum Gasteiger partial charge on any atom is -0.398 e. The summed E-state index contributed by atoms with van der Waals surface area (Å²) in [7, 11) is 0. The first-order valence-electron chi connectivity index (χ1n) is 5.45. The molecule has 0 aliphatic carbocycles. The van der Waals surface area contributed by atoms with Crippen LogP contribution in [-0.4, -0.2) is 16.7 Å². The molecule has 1 saturated heterocycles. The molecule has 2 N–H and O–H groups in total. The Morgan fingerprint density at radius 3 is 2.47 bits per heavy atom. The molecule has 1 aromatic carbocycles. The molecule has 0 spiro atoms. The van der Waals surface area contributed by atoms with E-state index in [0.29, 0.717) is 31.5 Å². The summed E-state index contributed by atoms with van der Waals surface area (Å²) in [5, 5.41) is 0. The van der Waals surface area contributed by atoms with Gasteiger partial charge in [-0.2, -0.15) is 0 Å². The first kappa shape index (κ1) is 12.1. The molecule has 1 heterocycles. The third kappa shape index (κ3) is 2.66. The summed E-state index contributed by atoms with van der Waals surface area (Å²) in [6.45, 7) is 0.315. The molecule has 2 rings (SSSR count). The van der Waals surface area contributed by atoms with Crippen molar-refractivity contribution in [2.75, 3.05) is 5.73 Å². The van der Waals surface area contributed by atoms with Crippen LogP contribution in [-0.2, 0) is 16.1 Å². The molecule has 1 aliphatic heterocycles. The lowest BCUT2D eigenvalue weighted by Gasteiger charge is -2.25. The van der Waals surface area contributed by atoms with Crippen molar-refractivity contribution in [2.45, 2.75) is 25.8 Å². The van der Waals surface area contributed by atoms with Gasteiger partial charge in [0.05, 0.1) is 6.54 Å². The molecule has 0 aromatic heterocycles. The molecule has 1 aliphatic rings. The molecule has 90 valence electrons. The fourth-order valence-electron chi connectivity index (χ4n) is 1.85. The van der Waals surface area contributed by atoms with Crippen LogP contribution in [0.1, 0.15) is 24.8 Å². The number of carbonyl (C=O) groups excluding carboxylic acids is 2. The standard InChI is InChI=1S/C12H13BrN2O2/c13-9-5-4-8(6-10(9)14)7-15-11(16)2-1-3-12(15)17/h4-6H,1-3,7,14H2. The number of imide groups is 1. The Balaban J connectivity index is 2.16. The molecule has 0 bridgehead atoms. The monoisotopic (exact) mass is 296 g/mol. The van der Waals surface area contributed by atoms with E-state index in [1.165, 1.54) is 4.90 Å². The van der Waals surface area contributed by atoms with E-state index in [9.17, 15) is 9.59 Å². The third-order valence-electron chi connectivity index (χ3n) is 2.78.